The van der Waals surface area contributed by atoms with Gasteiger partial charge in [0, 0.05) is 22.5 Å². The molecule has 1 heterocycles. The summed E-state index contributed by atoms with van der Waals surface area (Å²) in [5.41, 5.74) is -2.31. The fourth-order valence-electron chi connectivity index (χ4n) is 4.57. The van der Waals surface area contributed by atoms with Gasteiger partial charge in [0.25, 0.3) is 23.6 Å². The number of alkyl halides is 6. The lowest BCUT2D eigenvalue weighted by atomic mass is 10.1. The molecule has 5 rings (SSSR count). The normalized spacial score (nSPS) is 13.1. The summed E-state index contributed by atoms with van der Waals surface area (Å²) in [5.74, 6) is -3.08. The number of nitrogens with one attached hydrogen (secondary N) is 2. The molecule has 0 saturated heterocycles. The minimum absolute atomic E-state index is 0.0409. The van der Waals surface area contributed by atoms with Crippen molar-refractivity contribution in [2.45, 2.75) is 18.9 Å². The predicted molar refractivity (Wildman–Crippen MR) is 146 cm³/mol. The second-order valence-corrected chi connectivity index (χ2v) is 9.73. The highest BCUT2D eigenvalue weighted by Gasteiger charge is 2.35. The molecule has 7 nitrogen and oxygen atoms in total. The van der Waals surface area contributed by atoms with E-state index in [-0.39, 0.29) is 45.7 Å². The van der Waals surface area contributed by atoms with E-state index in [4.69, 9.17) is 0 Å². The molecule has 0 unspecified atom stereocenters. The van der Waals surface area contributed by atoms with Crippen molar-refractivity contribution in [3.63, 3.8) is 0 Å². The first kappa shape index (κ1) is 30.0. The molecule has 2 N–H and O–H groups in total. The first-order valence-electron chi connectivity index (χ1n) is 12.8. The standard InChI is InChI=1S/C31H19F6N3O4/c32-30(33,34)20-7-3-5-18(13-20)26(41)38-22-11-17(16-40-28(43)24-9-1-2-10-25(24)29(40)44)12-23(15-22)39-27(42)19-6-4-8-21(14-19)31(35,36)37/h1-15H,16H2,(H,38,41)(H,39,42). The molecule has 0 saturated carbocycles. The minimum Gasteiger partial charge on any atom is -0.322 e. The topological polar surface area (TPSA) is 95.6 Å². The van der Waals surface area contributed by atoms with Gasteiger partial charge in [-0.25, -0.2) is 0 Å². The van der Waals surface area contributed by atoms with Gasteiger partial charge in [-0.2, -0.15) is 26.3 Å². The second kappa shape index (κ2) is 11.3. The fourth-order valence-corrected chi connectivity index (χ4v) is 4.57. The molecule has 0 radical (unpaired) electrons. The summed E-state index contributed by atoms with van der Waals surface area (Å²) in [6.07, 6.45) is -9.41. The zero-order chi connectivity index (χ0) is 31.8. The zero-order valence-corrected chi connectivity index (χ0v) is 22.2. The number of imide groups is 1. The van der Waals surface area contributed by atoms with Crippen LogP contribution >= 0.6 is 0 Å². The molecule has 0 aliphatic carbocycles. The van der Waals surface area contributed by atoms with Crippen LogP contribution in [-0.4, -0.2) is 28.5 Å². The largest absolute Gasteiger partial charge is 0.416 e. The first-order valence-corrected chi connectivity index (χ1v) is 12.8. The van der Waals surface area contributed by atoms with Gasteiger partial charge in [0.1, 0.15) is 0 Å². The van der Waals surface area contributed by atoms with Gasteiger partial charge in [-0.3, -0.25) is 24.1 Å². The summed E-state index contributed by atoms with van der Waals surface area (Å²) in [4.78, 5) is 52.6. The molecule has 4 amide bonds. The molecule has 0 spiro atoms. The van der Waals surface area contributed by atoms with E-state index in [9.17, 15) is 45.5 Å². The minimum atomic E-state index is -4.70. The van der Waals surface area contributed by atoms with E-state index in [2.05, 4.69) is 10.6 Å². The van der Waals surface area contributed by atoms with Crippen LogP contribution in [0.3, 0.4) is 0 Å². The van der Waals surface area contributed by atoms with Crippen molar-refractivity contribution in [3.8, 4) is 0 Å². The quantitative estimate of drug-likeness (QED) is 0.181. The molecule has 4 aromatic rings. The van der Waals surface area contributed by atoms with Crippen molar-refractivity contribution in [2.24, 2.45) is 0 Å². The van der Waals surface area contributed by atoms with E-state index in [1.54, 1.807) is 12.1 Å². The van der Waals surface area contributed by atoms with Crippen LogP contribution in [-0.2, 0) is 18.9 Å². The van der Waals surface area contributed by atoms with Crippen LogP contribution in [0.4, 0.5) is 37.7 Å². The van der Waals surface area contributed by atoms with Crippen molar-refractivity contribution in [2.75, 3.05) is 10.6 Å². The van der Waals surface area contributed by atoms with Crippen LogP contribution in [0.5, 0.6) is 0 Å². The van der Waals surface area contributed by atoms with Crippen molar-refractivity contribution < 1.29 is 45.5 Å². The number of hydrogen-bond acceptors (Lipinski definition) is 4. The van der Waals surface area contributed by atoms with E-state index in [0.717, 1.165) is 41.3 Å². The van der Waals surface area contributed by atoms with Gasteiger partial charge in [-0.05, 0) is 72.3 Å². The molecule has 44 heavy (non-hydrogen) atoms. The molecule has 0 fully saturated rings. The van der Waals surface area contributed by atoms with Gasteiger partial charge in [0.2, 0.25) is 0 Å². The van der Waals surface area contributed by atoms with E-state index in [0.29, 0.717) is 12.1 Å². The summed E-state index contributed by atoms with van der Waals surface area (Å²) in [6, 6.07) is 17.3. The van der Waals surface area contributed by atoms with E-state index >= 15 is 0 Å². The monoisotopic (exact) mass is 611 g/mol. The Hall–Kier alpha value is -5.46. The number of amides is 4. The third-order valence-corrected chi connectivity index (χ3v) is 6.63. The molecule has 4 aromatic carbocycles. The fraction of sp³-hybridized carbons (Fsp3) is 0.0968. The lowest BCUT2D eigenvalue weighted by Gasteiger charge is -2.17. The van der Waals surface area contributed by atoms with Crippen LogP contribution in [0.25, 0.3) is 0 Å². The van der Waals surface area contributed by atoms with Crippen LogP contribution in [0.15, 0.2) is 91.0 Å². The summed E-state index contributed by atoms with van der Waals surface area (Å²) in [5, 5.41) is 4.86. The number of nitrogens with zero attached hydrogens (tertiary/aromatic N) is 1. The highest BCUT2D eigenvalue weighted by molar-refractivity contribution is 6.21. The maximum absolute atomic E-state index is 13.2. The molecule has 0 aromatic heterocycles. The van der Waals surface area contributed by atoms with Crippen molar-refractivity contribution in [1.82, 2.24) is 4.90 Å². The molecule has 0 bridgehead atoms. The number of carbonyl (C=O) groups is 4. The molecule has 1 aliphatic rings. The summed E-state index contributed by atoms with van der Waals surface area (Å²) >= 11 is 0. The number of benzene rings is 4. The maximum atomic E-state index is 13.2. The van der Waals surface area contributed by atoms with Crippen molar-refractivity contribution in [3.05, 3.63) is 130 Å². The van der Waals surface area contributed by atoms with Gasteiger partial charge in [0.15, 0.2) is 0 Å². The number of halogens is 6. The Balaban J connectivity index is 1.46. The van der Waals surface area contributed by atoms with Crippen LogP contribution in [0.2, 0.25) is 0 Å². The Morgan fingerprint density at radius 2 is 1.02 bits per heavy atom. The Morgan fingerprint density at radius 1 is 0.591 bits per heavy atom. The molecular formula is C31H19F6N3O4. The van der Waals surface area contributed by atoms with Crippen LogP contribution in [0, 0.1) is 0 Å². The van der Waals surface area contributed by atoms with Crippen molar-refractivity contribution in [1.29, 1.82) is 0 Å². The van der Waals surface area contributed by atoms with E-state index in [1.165, 1.54) is 30.3 Å². The average molecular weight is 611 g/mol. The number of anilines is 2. The molecule has 1 aliphatic heterocycles. The Kier molecular flexibility index (Phi) is 7.72. The lowest BCUT2D eigenvalue weighted by Crippen LogP contribution is -2.29. The molecule has 0 atom stereocenters. The van der Waals surface area contributed by atoms with Gasteiger partial charge in [-0.15, -0.1) is 0 Å². The SMILES string of the molecule is O=C(Nc1cc(CN2C(=O)c3ccccc3C2=O)cc(NC(=O)c2cccc(C(F)(F)F)c2)c1)c1cccc(C(F)(F)F)c1. The third-order valence-electron chi connectivity index (χ3n) is 6.63. The highest BCUT2D eigenvalue weighted by atomic mass is 19.4. The Labute approximate surface area is 245 Å². The summed E-state index contributed by atoms with van der Waals surface area (Å²) in [6.45, 7) is -0.327. The second-order valence-electron chi connectivity index (χ2n) is 9.73. The Bertz CT molecular complexity index is 1690. The summed E-state index contributed by atoms with van der Waals surface area (Å²) < 4.78 is 79.1. The third kappa shape index (κ3) is 6.31. The predicted octanol–water partition coefficient (Wildman–Crippen LogP) is 7.03. The van der Waals surface area contributed by atoms with Gasteiger partial charge in [-0.1, -0.05) is 24.3 Å². The number of carbonyl (C=O) groups excluding carboxylic acids is 4. The lowest BCUT2D eigenvalue weighted by molar-refractivity contribution is -0.138. The average Bonchev–Trinajstić information content (AvgIpc) is 3.21. The molecule has 224 valence electrons. The van der Waals surface area contributed by atoms with E-state index < -0.39 is 47.1 Å². The smallest absolute Gasteiger partial charge is 0.322 e. The van der Waals surface area contributed by atoms with Crippen LogP contribution < -0.4 is 10.6 Å². The number of fused-ring (bicyclic) bond motifs is 1. The maximum Gasteiger partial charge on any atom is 0.416 e. The molecular weight excluding hydrogens is 592 g/mol. The Morgan fingerprint density at radius 3 is 1.43 bits per heavy atom. The highest BCUT2D eigenvalue weighted by Crippen LogP contribution is 2.32. The van der Waals surface area contributed by atoms with E-state index in [1.807, 2.05) is 0 Å². The zero-order valence-electron chi connectivity index (χ0n) is 22.2. The number of hydrogen-bond donors (Lipinski definition) is 2. The number of rotatable bonds is 6. The van der Waals surface area contributed by atoms with Crippen LogP contribution in [0.1, 0.15) is 58.1 Å². The van der Waals surface area contributed by atoms with Crippen molar-refractivity contribution >= 4 is 35.0 Å². The van der Waals surface area contributed by atoms with Gasteiger partial charge < -0.3 is 10.6 Å². The van der Waals surface area contributed by atoms with Gasteiger partial charge >= 0.3 is 12.4 Å². The molecule has 13 heteroatoms. The van der Waals surface area contributed by atoms with Gasteiger partial charge in [0.05, 0.1) is 28.8 Å². The first-order chi connectivity index (χ1) is 20.7. The summed E-state index contributed by atoms with van der Waals surface area (Å²) in [7, 11) is 0.